The number of aromatic nitrogens is 3. The van der Waals surface area contributed by atoms with Crippen LogP contribution in [0.15, 0.2) is 0 Å². The first-order valence-electron chi connectivity index (χ1n) is 5.91. The van der Waals surface area contributed by atoms with E-state index >= 15 is 0 Å². The van der Waals surface area contributed by atoms with Crippen LogP contribution in [0.25, 0.3) is 0 Å². The topological polar surface area (TPSA) is 70.8 Å². The Morgan fingerprint density at radius 3 is 2.56 bits per heavy atom. The zero-order valence-electron chi connectivity index (χ0n) is 9.87. The van der Waals surface area contributed by atoms with Crippen molar-refractivity contribution in [3.8, 4) is 0 Å². The molecule has 1 aliphatic heterocycles. The molecule has 3 N–H and O–H groups in total. The number of halogens is 3. The second-order valence-electron chi connectivity index (χ2n) is 4.54. The van der Waals surface area contributed by atoms with Gasteiger partial charge in [0.2, 0.25) is 5.95 Å². The molecule has 1 aromatic rings. The van der Waals surface area contributed by atoms with Gasteiger partial charge in [0, 0.05) is 13.1 Å². The van der Waals surface area contributed by atoms with Crippen LogP contribution >= 0.6 is 0 Å². The molecule has 0 bridgehead atoms. The summed E-state index contributed by atoms with van der Waals surface area (Å²) in [5.41, 5.74) is 5.58. The molecule has 102 valence electrons. The molecule has 1 saturated heterocycles. The van der Waals surface area contributed by atoms with Crippen LogP contribution in [0.5, 0.6) is 0 Å². The van der Waals surface area contributed by atoms with Crippen molar-refractivity contribution in [1.82, 2.24) is 15.2 Å². The zero-order valence-corrected chi connectivity index (χ0v) is 9.87. The predicted molar refractivity (Wildman–Crippen MR) is 60.1 cm³/mol. The second-order valence-corrected chi connectivity index (χ2v) is 4.54. The lowest BCUT2D eigenvalue weighted by Gasteiger charge is -2.30. The van der Waals surface area contributed by atoms with Crippen molar-refractivity contribution in [2.75, 3.05) is 24.5 Å². The Morgan fingerprint density at radius 1 is 1.33 bits per heavy atom. The van der Waals surface area contributed by atoms with Gasteiger partial charge in [-0.1, -0.05) is 0 Å². The summed E-state index contributed by atoms with van der Waals surface area (Å²) in [7, 11) is 0. The first kappa shape index (κ1) is 13.1. The highest BCUT2D eigenvalue weighted by Crippen LogP contribution is 2.22. The summed E-state index contributed by atoms with van der Waals surface area (Å²) in [5.74, 6) is 0.706. The van der Waals surface area contributed by atoms with Crippen LogP contribution in [0, 0.1) is 5.92 Å². The minimum Gasteiger partial charge on any atom is -0.340 e. The van der Waals surface area contributed by atoms with E-state index in [-0.39, 0.29) is 5.82 Å². The molecule has 1 fully saturated rings. The quantitative estimate of drug-likeness (QED) is 0.856. The van der Waals surface area contributed by atoms with E-state index in [1.807, 2.05) is 4.90 Å². The molecular formula is C10H16F3N5. The molecule has 0 saturated carbocycles. The van der Waals surface area contributed by atoms with Gasteiger partial charge in [-0.2, -0.15) is 18.2 Å². The number of rotatable bonds is 3. The number of aromatic amines is 1. The normalized spacial score (nSPS) is 18.3. The summed E-state index contributed by atoms with van der Waals surface area (Å²) in [6.45, 7) is 2.14. The van der Waals surface area contributed by atoms with Gasteiger partial charge in [-0.15, -0.1) is 5.10 Å². The van der Waals surface area contributed by atoms with Crippen molar-refractivity contribution in [2.24, 2.45) is 11.7 Å². The van der Waals surface area contributed by atoms with E-state index in [4.69, 9.17) is 5.73 Å². The van der Waals surface area contributed by atoms with E-state index in [1.165, 1.54) is 0 Å². The molecule has 2 heterocycles. The minimum atomic E-state index is -4.26. The molecule has 5 nitrogen and oxygen atoms in total. The van der Waals surface area contributed by atoms with Crippen LogP contribution in [0.1, 0.15) is 18.7 Å². The molecule has 0 aliphatic carbocycles. The zero-order chi connectivity index (χ0) is 13.2. The number of anilines is 1. The highest BCUT2D eigenvalue weighted by Gasteiger charge is 2.30. The molecule has 0 radical (unpaired) electrons. The monoisotopic (exact) mass is 263 g/mol. The third-order valence-corrected chi connectivity index (χ3v) is 3.12. The molecule has 0 amide bonds. The first-order valence-corrected chi connectivity index (χ1v) is 5.91. The summed E-state index contributed by atoms with van der Waals surface area (Å²) in [6, 6.07) is 0. The molecule has 2 rings (SSSR count). The summed E-state index contributed by atoms with van der Waals surface area (Å²) in [6.07, 6.45) is -3.47. The fourth-order valence-electron chi connectivity index (χ4n) is 2.06. The maximum Gasteiger partial charge on any atom is 0.396 e. The van der Waals surface area contributed by atoms with E-state index in [0.29, 0.717) is 18.4 Å². The third kappa shape index (κ3) is 3.34. The lowest BCUT2D eigenvalue weighted by atomic mass is 9.97. The molecule has 0 unspecified atom stereocenters. The maximum atomic E-state index is 12.2. The predicted octanol–water partition coefficient (Wildman–Crippen LogP) is 1.08. The van der Waals surface area contributed by atoms with Gasteiger partial charge in [0.25, 0.3) is 0 Å². The van der Waals surface area contributed by atoms with Crippen LogP contribution in [0.2, 0.25) is 0 Å². The second kappa shape index (κ2) is 5.13. The first-order chi connectivity index (χ1) is 8.48. The molecule has 0 atom stereocenters. The van der Waals surface area contributed by atoms with Gasteiger partial charge in [-0.05, 0) is 25.3 Å². The Balaban J connectivity index is 1.94. The van der Waals surface area contributed by atoms with Gasteiger partial charge in [0.1, 0.15) is 12.2 Å². The number of nitrogens with one attached hydrogen (secondary N) is 1. The standard InChI is InChI=1S/C10H16F3N5/c11-10(12,13)5-8-15-9(17-16-8)18-3-1-7(6-14)2-4-18/h7H,1-6,14H2,(H,15,16,17). The van der Waals surface area contributed by atoms with Crippen molar-refractivity contribution in [3.05, 3.63) is 5.82 Å². The fourth-order valence-corrected chi connectivity index (χ4v) is 2.06. The van der Waals surface area contributed by atoms with E-state index in [1.54, 1.807) is 0 Å². The van der Waals surface area contributed by atoms with Gasteiger partial charge in [0.15, 0.2) is 0 Å². The van der Waals surface area contributed by atoms with E-state index in [9.17, 15) is 13.2 Å². The lowest BCUT2D eigenvalue weighted by Crippen LogP contribution is -2.36. The van der Waals surface area contributed by atoms with Gasteiger partial charge in [-0.3, -0.25) is 5.10 Å². The lowest BCUT2D eigenvalue weighted by molar-refractivity contribution is -0.128. The summed E-state index contributed by atoms with van der Waals surface area (Å²) < 4.78 is 36.5. The van der Waals surface area contributed by atoms with Crippen molar-refractivity contribution < 1.29 is 13.2 Å². The number of H-pyrrole nitrogens is 1. The summed E-state index contributed by atoms with van der Waals surface area (Å²) in [4.78, 5) is 5.77. The Hall–Kier alpha value is -1.31. The Bertz CT molecular complexity index is 381. The summed E-state index contributed by atoms with van der Waals surface area (Å²) in [5, 5.41) is 6.17. The number of alkyl halides is 3. The van der Waals surface area contributed by atoms with Crippen molar-refractivity contribution >= 4 is 5.95 Å². The average Bonchev–Trinajstić information content (AvgIpc) is 2.75. The van der Waals surface area contributed by atoms with Crippen molar-refractivity contribution in [2.45, 2.75) is 25.4 Å². The van der Waals surface area contributed by atoms with Gasteiger partial charge in [-0.25, -0.2) is 0 Å². The van der Waals surface area contributed by atoms with Gasteiger partial charge < -0.3 is 10.6 Å². The van der Waals surface area contributed by atoms with Crippen molar-refractivity contribution in [3.63, 3.8) is 0 Å². The Kier molecular flexibility index (Phi) is 3.74. The van der Waals surface area contributed by atoms with Crippen LogP contribution in [-0.4, -0.2) is 41.0 Å². The highest BCUT2D eigenvalue weighted by molar-refractivity contribution is 5.29. The van der Waals surface area contributed by atoms with Crippen LogP contribution in [0.4, 0.5) is 19.1 Å². The fraction of sp³-hybridized carbons (Fsp3) is 0.800. The van der Waals surface area contributed by atoms with Crippen LogP contribution in [0.3, 0.4) is 0 Å². The summed E-state index contributed by atoms with van der Waals surface area (Å²) >= 11 is 0. The molecular weight excluding hydrogens is 247 g/mol. The third-order valence-electron chi connectivity index (χ3n) is 3.12. The molecule has 1 aromatic heterocycles. The molecule has 8 heteroatoms. The molecule has 0 aromatic carbocycles. The smallest absolute Gasteiger partial charge is 0.340 e. The number of nitrogens with two attached hydrogens (primary N) is 1. The van der Waals surface area contributed by atoms with E-state index in [0.717, 1.165) is 25.9 Å². The van der Waals surface area contributed by atoms with Crippen LogP contribution < -0.4 is 10.6 Å². The SMILES string of the molecule is NCC1CCN(c2n[nH]c(CC(F)(F)F)n2)CC1. The molecule has 1 aliphatic rings. The van der Waals surface area contributed by atoms with E-state index < -0.39 is 12.6 Å². The number of hydrogen-bond donors (Lipinski definition) is 2. The van der Waals surface area contributed by atoms with Crippen LogP contribution in [-0.2, 0) is 6.42 Å². The number of hydrogen-bond acceptors (Lipinski definition) is 4. The minimum absolute atomic E-state index is 0.140. The highest BCUT2D eigenvalue weighted by atomic mass is 19.4. The van der Waals surface area contributed by atoms with Crippen molar-refractivity contribution in [1.29, 1.82) is 0 Å². The average molecular weight is 263 g/mol. The van der Waals surface area contributed by atoms with Gasteiger partial charge in [0.05, 0.1) is 0 Å². The van der Waals surface area contributed by atoms with E-state index in [2.05, 4.69) is 15.2 Å². The van der Waals surface area contributed by atoms with Gasteiger partial charge >= 0.3 is 6.18 Å². The Morgan fingerprint density at radius 2 is 2.00 bits per heavy atom. The number of piperidine rings is 1. The Labute approximate surface area is 103 Å². The molecule has 18 heavy (non-hydrogen) atoms. The number of nitrogens with zero attached hydrogens (tertiary/aromatic N) is 3. The largest absolute Gasteiger partial charge is 0.396 e. The maximum absolute atomic E-state index is 12.2. The molecule has 0 spiro atoms.